The number of imidazole rings is 1. The molecule has 148 valence electrons. The van der Waals surface area contributed by atoms with Crippen LogP contribution in [0.25, 0.3) is 27.9 Å². The van der Waals surface area contributed by atoms with Gasteiger partial charge < -0.3 is 18.6 Å². The molecule has 0 unspecified atom stereocenters. The number of benzene rings is 1. The molecule has 0 saturated carbocycles. The molecule has 29 heavy (non-hydrogen) atoms. The second-order valence-corrected chi connectivity index (χ2v) is 7.68. The van der Waals surface area contributed by atoms with Crippen molar-refractivity contribution in [1.82, 2.24) is 19.3 Å². The molecule has 1 aromatic carbocycles. The minimum atomic E-state index is -0.376. The van der Waals surface area contributed by atoms with Gasteiger partial charge >= 0.3 is 5.63 Å². The lowest BCUT2D eigenvalue weighted by Gasteiger charge is -2.22. The Kier molecular flexibility index (Phi) is 4.32. The Morgan fingerprint density at radius 2 is 2.00 bits per heavy atom. The average Bonchev–Trinajstić information content (AvgIpc) is 3.03. The van der Waals surface area contributed by atoms with Crippen molar-refractivity contribution in [3.63, 3.8) is 0 Å². The van der Waals surface area contributed by atoms with E-state index in [1.165, 1.54) is 0 Å². The summed E-state index contributed by atoms with van der Waals surface area (Å²) in [6.45, 7) is 6.02. The monoisotopic (exact) mass is 389 g/mol. The van der Waals surface area contributed by atoms with Crippen LogP contribution in [0.15, 0.2) is 52.1 Å². The van der Waals surface area contributed by atoms with Gasteiger partial charge in [-0.05, 0) is 45.1 Å². The number of aryl methyl sites for hydroxylation is 1. The third-order valence-electron chi connectivity index (χ3n) is 5.63. The lowest BCUT2D eigenvalue weighted by atomic mass is 10.1. The largest absolute Gasteiger partial charge is 0.422 e. The SMILES string of the molecule is Cc1nccn2cc(-c3cc4ccc(N5CCCN(C)CC5)cc4oc3=O)nc12. The zero-order chi connectivity index (χ0) is 20.0. The van der Waals surface area contributed by atoms with Crippen LogP contribution in [0.3, 0.4) is 0 Å². The summed E-state index contributed by atoms with van der Waals surface area (Å²) in [5.41, 5.74) is 3.94. The van der Waals surface area contributed by atoms with Crippen LogP contribution in [-0.4, -0.2) is 52.5 Å². The summed E-state index contributed by atoms with van der Waals surface area (Å²) in [6, 6.07) is 7.97. The molecule has 0 spiro atoms. The van der Waals surface area contributed by atoms with Gasteiger partial charge in [0.2, 0.25) is 0 Å². The standard InChI is InChI=1S/C22H23N5O2/c1-15-21-24-19(14-27(21)9-6-23-15)18-12-16-4-5-17(13-20(16)29-22(18)28)26-8-3-7-25(2)10-11-26/h4-6,9,12-14H,3,7-8,10-11H2,1-2H3. The van der Waals surface area contributed by atoms with E-state index in [1.54, 1.807) is 6.20 Å². The summed E-state index contributed by atoms with van der Waals surface area (Å²) in [6.07, 6.45) is 6.51. The van der Waals surface area contributed by atoms with E-state index < -0.39 is 0 Å². The van der Waals surface area contributed by atoms with Gasteiger partial charge in [-0.3, -0.25) is 4.98 Å². The minimum Gasteiger partial charge on any atom is -0.422 e. The van der Waals surface area contributed by atoms with Crippen molar-refractivity contribution in [2.45, 2.75) is 13.3 Å². The molecule has 7 heteroatoms. The maximum absolute atomic E-state index is 12.7. The first-order valence-corrected chi connectivity index (χ1v) is 9.90. The lowest BCUT2D eigenvalue weighted by molar-refractivity contribution is 0.360. The molecule has 1 aliphatic heterocycles. The maximum Gasteiger partial charge on any atom is 0.345 e. The highest BCUT2D eigenvalue weighted by Crippen LogP contribution is 2.26. The van der Waals surface area contributed by atoms with Crippen LogP contribution >= 0.6 is 0 Å². The van der Waals surface area contributed by atoms with Gasteiger partial charge in [0.05, 0.1) is 17.0 Å². The molecule has 4 heterocycles. The molecule has 1 saturated heterocycles. The highest BCUT2D eigenvalue weighted by Gasteiger charge is 2.16. The predicted octanol–water partition coefficient (Wildman–Crippen LogP) is 2.95. The molecule has 1 aliphatic rings. The molecule has 0 N–H and O–H groups in total. The quantitative estimate of drug-likeness (QED) is 0.491. The summed E-state index contributed by atoms with van der Waals surface area (Å²) < 4.78 is 7.58. The molecule has 5 rings (SSSR count). The van der Waals surface area contributed by atoms with Gasteiger partial charge in [0.25, 0.3) is 0 Å². The Hall–Kier alpha value is -3.19. The van der Waals surface area contributed by atoms with Crippen molar-refractivity contribution in [3.05, 3.63) is 59.0 Å². The molecule has 3 aromatic heterocycles. The van der Waals surface area contributed by atoms with E-state index in [-0.39, 0.29) is 5.63 Å². The van der Waals surface area contributed by atoms with Crippen molar-refractivity contribution >= 4 is 22.3 Å². The van der Waals surface area contributed by atoms with Gasteiger partial charge in [-0.25, -0.2) is 9.78 Å². The van der Waals surface area contributed by atoms with Crippen LogP contribution in [-0.2, 0) is 0 Å². The van der Waals surface area contributed by atoms with Crippen molar-refractivity contribution in [2.75, 3.05) is 38.1 Å². The van der Waals surface area contributed by atoms with Gasteiger partial charge in [-0.15, -0.1) is 0 Å². The van der Waals surface area contributed by atoms with E-state index in [9.17, 15) is 4.79 Å². The summed E-state index contributed by atoms with van der Waals surface area (Å²) in [7, 11) is 2.15. The Morgan fingerprint density at radius 3 is 2.86 bits per heavy atom. The number of anilines is 1. The van der Waals surface area contributed by atoms with Crippen molar-refractivity contribution < 1.29 is 4.42 Å². The smallest absolute Gasteiger partial charge is 0.345 e. The van der Waals surface area contributed by atoms with E-state index in [0.717, 1.165) is 55.0 Å². The maximum atomic E-state index is 12.7. The zero-order valence-electron chi connectivity index (χ0n) is 16.6. The molecule has 0 atom stereocenters. The summed E-state index contributed by atoms with van der Waals surface area (Å²) in [5.74, 6) is 0. The molecule has 0 bridgehead atoms. The van der Waals surface area contributed by atoms with Gasteiger partial charge in [0, 0.05) is 55.4 Å². The molecule has 0 radical (unpaired) electrons. The van der Waals surface area contributed by atoms with Gasteiger partial charge in [-0.2, -0.15) is 0 Å². The van der Waals surface area contributed by atoms with E-state index in [1.807, 2.05) is 41.9 Å². The molecule has 7 nitrogen and oxygen atoms in total. The predicted molar refractivity (Wildman–Crippen MR) is 114 cm³/mol. The Labute approximate surface area is 168 Å². The van der Waals surface area contributed by atoms with E-state index in [4.69, 9.17) is 4.42 Å². The highest BCUT2D eigenvalue weighted by atomic mass is 16.4. The number of aromatic nitrogens is 3. The Morgan fingerprint density at radius 1 is 1.10 bits per heavy atom. The number of hydrogen-bond acceptors (Lipinski definition) is 6. The second kappa shape index (κ2) is 7.00. The number of likely N-dealkylation sites (N-methyl/N-ethyl adjacent to an activating group) is 1. The highest BCUT2D eigenvalue weighted by molar-refractivity contribution is 5.84. The van der Waals surface area contributed by atoms with Crippen LogP contribution < -0.4 is 10.5 Å². The average molecular weight is 389 g/mol. The first kappa shape index (κ1) is 17.9. The van der Waals surface area contributed by atoms with Crippen LogP contribution in [0.5, 0.6) is 0 Å². The van der Waals surface area contributed by atoms with Crippen molar-refractivity contribution in [3.8, 4) is 11.3 Å². The minimum absolute atomic E-state index is 0.376. The number of fused-ring (bicyclic) bond motifs is 2. The first-order chi connectivity index (χ1) is 14.1. The van der Waals surface area contributed by atoms with E-state index >= 15 is 0 Å². The summed E-state index contributed by atoms with van der Waals surface area (Å²) in [5, 5.41) is 0.891. The topological polar surface area (TPSA) is 66.9 Å². The van der Waals surface area contributed by atoms with Crippen LogP contribution in [0.2, 0.25) is 0 Å². The van der Waals surface area contributed by atoms with Crippen LogP contribution in [0.1, 0.15) is 12.1 Å². The third kappa shape index (κ3) is 3.27. The van der Waals surface area contributed by atoms with Crippen molar-refractivity contribution in [1.29, 1.82) is 0 Å². The lowest BCUT2D eigenvalue weighted by Crippen LogP contribution is -2.28. The molecule has 4 aromatic rings. The molecular weight excluding hydrogens is 366 g/mol. The summed E-state index contributed by atoms with van der Waals surface area (Å²) >= 11 is 0. The zero-order valence-corrected chi connectivity index (χ0v) is 16.6. The van der Waals surface area contributed by atoms with Gasteiger partial charge in [0.15, 0.2) is 5.65 Å². The van der Waals surface area contributed by atoms with E-state index in [2.05, 4.69) is 32.9 Å². The van der Waals surface area contributed by atoms with Gasteiger partial charge in [-0.1, -0.05) is 0 Å². The van der Waals surface area contributed by atoms with Crippen LogP contribution in [0.4, 0.5) is 5.69 Å². The van der Waals surface area contributed by atoms with Crippen LogP contribution in [0, 0.1) is 6.92 Å². The number of hydrogen-bond donors (Lipinski definition) is 0. The van der Waals surface area contributed by atoms with E-state index in [0.29, 0.717) is 16.8 Å². The molecule has 0 aliphatic carbocycles. The fourth-order valence-electron chi connectivity index (χ4n) is 3.96. The summed E-state index contributed by atoms with van der Waals surface area (Å²) in [4.78, 5) is 26.3. The number of rotatable bonds is 2. The Bertz CT molecular complexity index is 1260. The fraction of sp³-hybridized carbons (Fsp3) is 0.318. The Balaban J connectivity index is 1.54. The molecular formula is C22H23N5O2. The van der Waals surface area contributed by atoms with Gasteiger partial charge in [0.1, 0.15) is 5.58 Å². The normalized spacial score (nSPS) is 15.9. The molecule has 0 amide bonds. The molecule has 1 fully saturated rings. The third-order valence-corrected chi connectivity index (χ3v) is 5.63. The number of nitrogens with zero attached hydrogens (tertiary/aromatic N) is 5. The van der Waals surface area contributed by atoms with Crippen molar-refractivity contribution in [2.24, 2.45) is 0 Å². The fourth-order valence-corrected chi connectivity index (χ4v) is 3.96. The second-order valence-electron chi connectivity index (χ2n) is 7.68. The first-order valence-electron chi connectivity index (χ1n) is 9.90.